The van der Waals surface area contributed by atoms with E-state index in [0.717, 1.165) is 17.6 Å². The zero-order valence-electron chi connectivity index (χ0n) is 14.8. The van der Waals surface area contributed by atoms with E-state index in [2.05, 4.69) is 13.8 Å². The van der Waals surface area contributed by atoms with E-state index in [4.69, 9.17) is 33.9 Å². The molecule has 1 rings (SSSR count). The van der Waals surface area contributed by atoms with E-state index in [1.54, 1.807) is 21.6 Å². The molecule has 2 nitrogen and oxygen atoms in total. The van der Waals surface area contributed by atoms with Crippen LogP contribution in [0.5, 0.6) is 0 Å². The average Bonchev–Trinajstić information content (AvgIpc) is 2.54. The molecule has 140 valence electrons. The first-order chi connectivity index (χ1) is 11.5. The van der Waals surface area contributed by atoms with Gasteiger partial charge in [-0.05, 0) is 96.9 Å². The molecule has 0 spiro atoms. The summed E-state index contributed by atoms with van der Waals surface area (Å²) < 4.78 is 12.0. The summed E-state index contributed by atoms with van der Waals surface area (Å²) >= 11 is 10.4. The fourth-order valence-electron chi connectivity index (χ4n) is 2.67. The molecule has 4 unspecified atom stereocenters. The molecule has 1 saturated carbocycles. The second-order valence-corrected chi connectivity index (χ2v) is 12.0. The maximum absolute atomic E-state index is 5.38. The average molecular weight is 445 g/mol. The third-order valence-corrected chi connectivity index (χ3v) is 10.5. The maximum atomic E-state index is 5.38. The lowest BCUT2D eigenvalue weighted by atomic mass is 9.77. The highest BCUT2D eigenvalue weighted by molar-refractivity contribution is 8.84. The molecule has 24 heavy (non-hydrogen) atoms. The third-order valence-electron chi connectivity index (χ3n) is 4.19. The minimum absolute atomic E-state index is 0.654. The van der Waals surface area contributed by atoms with Gasteiger partial charge in [0.05, 0.1) is 13.2 Å². The predicted octanol–water partition coefficient (Wildman–Crippen LogP) is 6.83. The van der Waals surface area contributed by atoms with E-state index in [9.17, 15) is 0 Å². The Bertz CT molecular complexity index is 393. The highest BCUT2D eigenvalue weighted by Crippen LogP contribution is 2.45. The van der Waals surface area contributed by atoms with Gasteiger partial charge in [0.25, 0.3) is 0 Å². The summed E-state index contributed by atoms with van der Waals surface area (Å²) in [5.41, 5.74) is 0. The van der Waals surface area contributed by atoms with Gasteiger partial charge in [-0.1, -0.05) is 35.4 Å². The molecule has 1 fully saturated rings. The molecule has 0 amide bonds. The molecular formula is C16H28O2S6. The summed E-state index contributed by atoms with van der Waals surface area (Å²) in [5.74, 6) is 3.36. The minimum Gasteiger partial charge on any atom is -0.478 e. The Morgan fingerprint density at radius 1 is 1.08 bits per heavy atom. The Labute approximate surface area is 173 Å². The zero-order chi connectivity index (χ0) is 17.9. The van der Waals surface area contributed by atoms with Gasteiger partial charge in [-0.25, -0.2) is 0 Å². The van der Waals surface area contributed by atoms with Gasteiger partial charge in [-0.2, -0.15) is 0 Å². The quantitative estimate of drug-likeness (QED) is 0.295. The van der Waals surface area contributed by atoms with Crippen LogP contribution in [0, 0.1) is 17.8 Å². The van der Waals surface area contributed by atoms with Gasteiger partial charge in [0, 0.05) is 11.0 Å². The van der Waals surface area contributed by atoms with E-state index in [-0.39, 0.29) is 0 Å². The van der Waals surface area contributed by atoms with Crippen LogP contribution in [0.3, 0.4) is 0 Å². The van der Waals surface area contributed by atoms with Gasteiger partial charge < -0.3 is 9.47 Å². The van der Waals surface area contributed by atoms with Crippen molar-refractivity contribution in [2.75, 3.05) is 19.0 Å². The fraction of sp³-hybridized carbons (Fsp3) is 0.875. The highest BCUT2D eigenvalue weighted by Gasteiger charge is 2.31. The van der Waals surface area contributed by atoms with Crippen LogP contribution >= 0.6 is 67.6 Å². The number of hydrogen-bond donors (Lipinski definition) is 0. The van der Waals surface area contributed by atoms with Crippen LogP contribution in [-0.2, 0) is 9.47 Å². The zero-order valence-corrected chi connectivity index (χ0v) is 19.7. The van der Waals surface area contributed by atoms with Crippen LogP contribution in [-0.4, -0.2) is 33.0 Å². The van der Waals surface area contributed by atoms with Crippen molar-refractivity contribution in [3.05, 3.63) is 0 Å². The largest absolute Gasteiger partial charge is 0.478 e. The second kappa shape index (κ2) is 13.4. The van der Waals surface area contributed by atoms with Gasteiger partial charge in [0.1, 0.15) is 0 Å². The van der Waals surface area contributed by atoms with E-state index in [0.29, 0.717) is 33.1 Å². The molecule has 1 aliphatic rings. The molecule has 0 heterocycles. The van der Waals surface area contributed by atoms with Crippen LogP contribution < -0.4 is 0 Å². The van der Waals surface area contributed by atoms with Gasteiger partial charge in [0.15, 0.2) is 0 Å². The summed E-state index contributed by atoms with van der Waals surface area (Å²) in [6.45, 7) is 10.0. The number of rotatable bonds is 8. The monoisotopic (exact) mass is 444 g/mol. The first-order valence-corrected chi connectivity index (χ1v) is 13.8. The molecular weight excluding hydrogens is 417 g/mol. The van der Waals surface area contributed by atoms with Crippen LogP contribution in [0.15, 0.2) is 0 Å². The van der Waals surface area contributed by atoms with Crippen molar-refractivity contribution in [2.24, 2.45) is 17.8 Å². The van der Waals surface area contributed by atoms with E-state index < -0.39 is 0 Å². The standard InChI is InChI=1S/C16H28O2S6/c1-5-17-15(19)23-21-10-12(4)13-8-7-11(3)14(9-13)22-24-16(20)18-6-2/h11-14H,5-10H2,1-4H3. The van der Waals surface area contributed by atoms with Crippen molar-refractivity contribution in [2.45, 2.75) is 52.2 Å². The van der Waals surface area contributed by atoms with Gasteiger partial charge in [-0.3, -0.25) is 0 Å². The van der Waals surface area contributed by atoms with Crippen molar-refractivity contribution in [1.29, 1.82) is 0 Å². The molecule has 4 atom stereocenters. The SMILES string of the molecule is CCOC(=S)SSCC(C)C1CCC(C)C(SSC(=S)OCC)C1. The Morgan fingerprint density at radius 3 is 2.33 bits per heavy atom. The van der Waals surface area contributed by atoms with E-state index in [1.807, 2.05) is 35.4 Å². The molecule has 0 radical (unpaired) electrons. The van der Waals surface area contributed by atoms with E-state index in [1.165, 1.54) is 19.3 Å². The highest BCUT2D eigenvalue weighted by atomic mass is 33.1. The lowest BCUT2D eigenvalue weighted by Gasteiger charge is -2.36. The molecule has 8 heteroatoms. The minimum atomic E-state index is 0.654. The molecule has 0 aromatic carbocycles. The lowest BCUT2D eigenvalue weighted by molar-refractivity contribution is 0.245. The summed E-state index contributed by atoms with van der Waals surface area (Å²) in [6, 6.07) is 0. The third kappa shape index (κ3) is 9.21. The molecule has 1 aliphatic carbocycles. The van der Waals surface area contributed by atoms with Crippen LogP contribution in [0.2, 0.25) is 0 Å². The maximum Gasteiger partial charge on any atom is 0.230 e. The van der Waals surface area contributed by atoms with Crippen molar-refractivity contribution < 1.29 is 9.47 Å². The van der Waals surface area contributed by atoms with Crippen LogP contribution in [0.4, 0.5) is 0 Å². The topological polar surface area (TPSA) is 18.5 Å². The lowest BCUT2D eigenvalue weighted by Crippen LogP contribution is -2.29. The van der Waals surface area contributed by atoms with Crippen molar-refractivity contribution >= 4 is 76.4 Å². The summed E-state index contributed by atoms with van der Waals surface area (Å²) in [7, 11) is 6.97. The Morgan fingerprint density at radius 2 is 1.71 bits per heavy atom. The van der Waals surface area contributed by atoms with Gasteiger partial charge in [0.2, 0.25) is 8.77 Å². The van der Waals surface area contributed by atoms with Crippen molar-refractivity contribution in [1.82, 2.24) is 0 Å². The second-order valence-electron chi connectivity index (χ2n) is 5.98. The van der Waals surface area contributed by atoms with Crippen molar-refractivity contribution in [3.63, 3.8) is 0 Å². The molecule has 0 aromatic rings. The molecule has 0 N–H and O–H groups in total. The number of thiocarbonyl (C=S) groups is 2. The van der Waals surface area contributed by atoms with E-state index >= 15 is 0 Å². The number of ether oxygens (including phenoxy) is 2. The molecule has 0 bridgehead atoms. The Balaban J connectivity index is 2.34. The fourth-order valence-corrected chi connectivity index (χ4v) is 8.37. The number of hydrogen-bond acceptors (Lipinski definition) is 8. The summed E-state index contributed by atoms with van der Waals surface area (Å²) in [4.78, 5) is 0. The van der Waals surface area contributed by atoms with Crippen molar-refractivity contribution in [3.8, 4) is 0 Å². The smallest absolute Gasteiger partial charge is 0.230 e. The Hall–Kier alpha value is 1.18. The van der Waals surface area contributed by atoms with Gasteiger partial charge in [-0.15, -0.1) is 0 Å². The molecule has 0 aliphatic heterocycles. The van der Waals surface area contributed by atoms with Crippen LogP contribution in [0.1, 0.15) is 47.0 Å². The van der Waals surface area contributed by atoms with Gasteiger partial charge >= 0.3 is 0 Å². The first kappa shape index (κ1) is 23.2. The Kier molecular flexibility index (Phi) is 12.9. The summed E-state index contributed by atoms with van der Waals surface area (Å²) in [6.07, 6.45) is 3.92. The normalized spacial score (nSPS) is 25.1. The summed E-state index contributed by atoms with van der Waals surface area (Å²) in [5, 5.41) is 0.664. The first-order valence-electron chi connectivity index (χ1n) is 8.44. The van der Waals surface area contributed by atoms with Crippen LogP contribution in [0.25, 0.3) is 0 Å². The molecule has 0 aromatic heterocycles. The molecule has 0 saturated heterocycles. The predicted molar refractivity (Wildman–Crippen MR) is 123 cm³/mol.